The van der Waals surface area contributed by atoms with Crippen LogP contribution in [0, 0.1) is 0 Å². The predicted octanol–water partition coefficient (Wildman–Crippen LogP) is 0.920. The van der Waals surface area contributed by atoms with Gasteiger partial charge >= 0.3 is 0 Å². The first-order valence-electron chi connectivity index (χ1n) is 5.96. The number of benzene rings is 1. The molecular weight excluding hydrogens is 202 g/mol. The van der Waals surface area contributed by atoms with Crippen molar-refractivity contribution in [3.05, 3.63) is 29.8 Å². The number of nitrogens with two attached hydrogens (primary N) is 1. The molecule has 1 aromatic rings. The van der Waals surface area contributed by atoms with Gasteiger partial charge in [-0.05, 0) is 25.5 Å². The van der Waals surface area contributed by atoms with Crippen LogP contribution in [0.25, 0.3) is 0 Å². The van der Waals surface area contributed by atoms with Gasteiger partial charge in [-0.25, -0.2) is 0 Å². The van der Waals surface area contributed by atoms with E-state index < -0.39 is 0 Å². The maximum Gasteiger partial charge on any atom is 0.128 e. The van der Waals surface area contributed by atoms with E-state index in [1.165, 1.54) is 5.56 Å². The van der Waals surface area contributed by atoms with Gasteiger partial charge in [0, 0.05) is 5.56 Å². The van der Waals surface area contributed by atoms with Crippen LogP contribution in [0.2, 0.25) is 0 Å². The lowest BCUT2D eigenvalue weighted by molar-refractivity contribution is -0.706. The molecule has 1 rings (SSSR count). The SMILES string of the molecule is CCOc1ccccc1C[NH2+][C@H](CC)CO. The first kappa shape index (κ1) is 13.0. The van der Waals surface area contributed by atoms with Crippen molar-refractivity contribution in [1.82, 2.24) is 0 Å². The topological polar surface area (TPSA) is 46.1 Å². The summed E-state index contributed by atoms with van der Waals surface area (Å²) in [5, 5.41) is 11.3. The van der Waals surface area contributed by atoms with Gasteiger partial charge in [-0.2, -0.15) is 0 Å². The molecule has 0 aromatic heterocycles. The highest BCUT2D eigenvalue weighted by molar-refractivity contribution is 5.32. The molecule has 1 aromatic carbocycles. The fraction of sp³-hybridized carbons (Fsp3) is 0.538. The Morgan fingerprint density at radius 3 is 2.69 bits per heavy atom. The van der Waals surface area contributed by atoms with Crippen molar-refractivity contribution in [1.29, 1.82) is 0 Å². The molecule has 0 unspecified atom stereocenters. The molecule has 0 aliphatic carbocycles. The maximum absolute atomic E-state index is 9.11. The van der Waals surface area contributed by atoms with Gasteiger partial charge in [-0.15, -0.1) is 0 Å². The van der Waals surface area contributed by atoms with E-state index in [9.17, 15) is 0 Å². The van der Waals surface area contributed by atoms with Crippen molar-refractivity contribution in [2.75, 3.05) is 13.2 Å². The quantitative estimate of drug-likeness (QED) is 0.723. The van der Waals surface area contributed by atoms with Crippen LogP contribution < -0.4 is 10.1 Å². The fourth-order valence-electron chi connectivity index (χ4n) is 1.63. The van der Waals surface area contributed by atoms with E-state index in [1.807, 2.05) is 25.1 Å². The Balaban J connectivity index is 2.58. The molecule has 0 saturated heterocycles. The molecule has 3 heteroatoms. The minimum absolute atomic E-state index is 0.229. The number of aliphatic hydroxyl groups excluding tert-OH is 1. The number of aliphatic hydroxyl groups is 1. The van der Waals surface area contributed by atoms with Gasteiger partial charge in [-0.1, -0.05) is 19.1 Å². The van der Waals surface area contributed by atoms with Crippen LogP contribution in [0.1, 0.15) is 25.8 Å². The molecule has 0 amide bonds. The van der Waals surface area contributed by atoms with Gasteiger partial charge in [0.2, 0.25) is 0 Å². The largest absolute Gasteiger partial charge is 0.493 e. The summed E-state index contributed by atoms with van der Waals surface area (Å²) < 4.78 is 5.55. The first-order valence-corrected chi connectivity index (χ1v) is 5.96. The molecule has 0 bridgehead atoms. The lowest BCUT2D eigenvalue weighted by Gasteiger charge is -2.13. The Kier molecular flexibility index (Phi) is 5.90. The zero-order valence-electron chi connectivity index (χ0n) is 10.1. The van der Waals surface area contributed by atoms with Crippen LogP contribution in [0.3, 0.4) is 0 Å². The van der Waals surface area contributed by atoms with Crippen LogP contribution in [0.15, 0.2) is 24.3 Å². The van der Waals surface area contributed by atoms with Crippen LogP contribution in [-0.4, -0.2) is 24.4 Å². The van der Waals surface area contributed by atoms with Crippen molar-refractivity contribution >= 4 is 0 Å². The summed E-state index contributed by atoms with van der Waals surface area (Å²) in [4.78, 5) is 0. The minimum atomic E-state index is 0.229. The van der Waals surface area contributed by atoms with E-state index in [1.54, 1.807) is 0 Å². The van der Waals surface area contributed by atoms with E-state index in [0.29, 0.717) is 6.61 Å². The van der Waals surface area contributed by atoms with Gasteiger partial charge in [0.25, 0.3) is 0 Å². The van der Waals surface area contributed by atoms with Crippen molar-refractivity contribution < 1.29 is 15.2 Å². The van der Waals surface area contributed by atoms with Gasteiger partial charge < -0.3 is 15.2 Å². The van der Waals surface area contributed by atoms with Gasteiger partial charge in [0.05, 0.1) is 13.2 Å². The highest BCUT2D eigenvalue weighted by Gasteiger charge is 2.09. The molecule has 0 radical (unpaired) electrons. The highest BCUT2D eigenvalue weighted by Crippen LogP contribution is 2.16. The smallest absolute Gasteiger partial charge is 0.128 e. The Labute approximate surface area is 97.4 Å². The minimum Gasteiger partial charge on any atom is -0.493 e. The van der Waals surface area contributed by atoms with Crippen LogP contribution in [-0.2, 0) is 6.54 Å². The molecule has 0 aliphatic heterocycles. The fourth-order valence-corrected chi connectivity index (χ4v) is 1.63. The second-order valence-corrected chi connectivity index (χ2v) is 3.83. The van der Waals surface area contributed by atoms with Gasteiger partial charge in [0.15, 0.2) is 0 Å². The lowest BCUT2D eigenvalue weighted by Crippen LogP contribution is -2.89. The normalized spacial score (nSPS) is 12.4. The zero-order chi connectivity index (χ0) is 11.8. The molecule has 0 heterocycles. The summed E-state index contributed by atoms with van der Waals surface area (Å²) >= 11 is 0. The average molecular weight is 224 g/mol. The molecular formula is C13H22NO2+. The Morgan fingerprint density at radius 2 is 2.06 bits per heavy atom. The average Bonchev–Trinajstić information content (AvgIpc) is 2.33. The van der Waals surface area contributed by atoms with Crippen LogP contribution in [0.5, 0.6) is 5.75 Å². The number of rotatable bonds is 7. The number of ether oxygens (including phenoxy) is 1. The molecule has 1 atom stereocenters. The van der Waals surface area contributed by atoms with Crippen molar-refractivity contribution in [3.8, 4) is 5.75 Å². The molecule has 3 nitrogen and oxygen atoms in total. The van der Waals surface area contributed by atoms with Crippen molar-refractivity contribution in [2.24, 2.45) is 0 Å². The summed E-state index contributed by atoms with van der Waals surface area (Å²) in [5.74, 6) is 0.953. The van der Waals surface area contributed by atoms with E-state index >= 15 is 0 Å². The van der Waals surface area contributed by atoms with Crippen LogP contribution >= 0.6 is 0 Å². The van der Waals surface area contributed by atoms with Gasteiger partial charge in [-0.3, -0.25) is 0 Å². The zero-order valence-corrected chi connectivity index (χ0v) is 10.1. The monoisotopic (exact) mass is 224 g/mol. The molecule has 0 saturated carbocycles. The van der Waals surface area contributed by atoms with Crippen molar-refractivity contribution in [3.63, 3.8) is 0 Å². The molecule has 0 spiro atoms. The maximum atomic E-state index is 9.11. The highest BCUT2D eigenvalue weighted by atomic mass is 16.5. The second kappa shape index (κ2) is 7.25. The molecule has 0 aliphatic rings. The molecule has 16 heavy (non-hydrogen) atoms. The summed E-state index contributed by atoms with van der Waals surface area (Å²) in [5.41, 5.74) is 1.19. The third kappa shape index (κ3) is 3.83. The van der Waals surface area contributed by atoms with E-state index in [-0.39, 0.29) is 12.6 Å². The van der Waals surface area contributed by atoms with E-state index in [2.05, 4.69) is 18.3 Å². The lowest BCUT2D eigenvalue weighted by atomic mass is 10.1. The Bertz CT molecular complexity index is 298. The Morgan fingerprint density at radius 1 is 1.31 bits per heavy atom. The van der Waals surface area contributed by atoms with Crippen LogP contribution in [0.4, 0.5) is 0 Å². The predicted molar refractivity (Wildman–Crippen MR) is 64.4 cm³/mol. The summed E-state index contributed by atoms with van der Waals surface area (Å²) in [6.45, 7) is 5.85. The second-order valence-electron chi connectivity index (χ2n) is 3.83. The summed E-state index contributed by atoms with van der Waals surface area (Å²) in [7, 11) is 0. The molecule has 90 valence electrons. The number of hydrogen-bond donors (Lipinski definition) is 2. The summed E-state index contributed by atoms with van der Waals surface area (Å²) in [6.07, 6.45) is 0.979. The number of para-hydroxylation sites is 1. The standard InChI is InChI=1S/C13H21NO2/c1-3-12(10-15)14-9-11-7-5-6-8-13(11)16-4-2/h5-8,12,14-15H,3-4,9-10H2,1-2H3/p+1/t12-/m1/s1. The summed E-state index contributed by atoms with van der Waals surface area (Å²) in [6, 6.07) is 8.36. The third-order valence-electron chi connectivity index (χ3n) is 2.70. The number of quaternary nitrogens is 1. The van der Waals surface area contributed by atoms with E-state index in [0.717, 1.165) is 18.7 Å². The van der Waals surface area contributed by atoms with E-state index in [4.69, 9.17) is 9.84 Å². The molecule has 3 N–H and O–H groups in total. The molecule has 0 fully saturated rings. The number of hydrogen-bond acceptors (Lipinski definition) is 2. The third-order valence-corrected chi connectivity index (χ3v) is 2.70. The Hall–Kier alpha value is -1.06. The van der Waals surface area contributed by atoms with Gasteiger partial charge in [0.1, 0.15) is 18.3 Å². The first-order chi connectivity index (χ1) is 7.81. The van der Waals surface area contributed by atoms with Crippen molar-refractivity contribution in [2.45, 2.75) is 32.9 Å².